The van der Waals surface area contributed by atoms with Crippen LogP contribution < -0.4 is 5.32 Å². The SMILES string of the molecule is CCCC(CCO)CNC(=O)Cc1ccc(F)cc1F. The number of hydrogen-bond acceptors (Lipinski definition) is 2. The van der Waals surface area contributed by atoms with Gasteiger partial charge < -0.3 is 10.4 Å². The van der Waals surface area contributed by atoms with Crippen LogP contribution in [-0.4, -0.2) is 24.2 Å². The molecule has 0 aromatic heterocycles. The lowest BCUT2D eigenvalue weighted by Gasteiger charge is -2.15. The summed E-state index contributed by atoms with van der Waals surface area (Å²) >= 11 is 0. The fourth-order valence-corrected chi connectivity index (χ4v) is 2.10. The molecule has 3 nitrogen and oxygen atoms in total. The Kier molecular flexibility index (Phi) is 7.15. The van der Waals surface area contributed by atoms with E-state index in [-0.39, 0.29) is 30.4 Å². The summed E-state index contributed by atoms with van der Waals surface area (Å²) in [5.41, 5.74) is 0.179. The predicted molar refractivity (Wildman–Crippen MR) is 73.2 cm³/mol. The number of aliphatic hydroxyl groups excluding tert-OH is 1. The first-order chi connectivity index (χ1) is 9.56. The molecule has 5 heteroatoms. The Hall–Kier alpha value is -1.49. The van der Waals surface area contributed by atoms with E-state index < -0.39 is 11.6 Å². The minimum Gasteiger partial charge on any atom is -0.396 e. The zero-order valence-corrected chi connectivity index (χ0v) is 11.7. The molecule has 0 aliphatic heterocycles. The smallest absolute Gasteiger partial charge is 0.224 e. The lowest BCUT2D eigenvalue weighted by molar-refractivity contribution is -0.120. The predicted octanol–water partition coefficient (Wildman–Crippen LogP) is 2.42. The average molecular weight is 285 g/mol. The van der Waals surface area contributed by atoms with Crippen molar-refractivity contribution in [2.45, 2.75) is 32.6 Å². The molecule has 1 atom stereocenters. The fraction of sp³-hybridized carbons (Fsp3) is 0.533. The van der Waals surface area contributed by atoms with E-state index in [1.54, 1.807) is 0 Å². The van der Waals surface area contributed by atoms with Gasteiger partial charge in [0.15, 0.2) is 0 Å². The Balaban J connectivity index is 2.46. The van der Waals surface area contributed by atoms with Gasteiger partial charge in [0.05, 0.1) is 6.42 Å². The Morgan fingerprint density at radius 1 is 1.35 bits per heavy atom. The lowest BCUT2D eigenvalue weighted by atomic mass is 10.00. The van der Waals surface area contributed by atoms with Crippen LogP contribution in [0, 0.1) is 17.6 Å². The van der Waals surface area contributed by atoms with Crippen LogP contribution in [0.1, 0.15) is 31.7 Å². The number of benzene rings is 1. The molecule has 0 heterocycles. The van der Waals surface area contributed by atoms with Gasteiger partial charge in [-0.3, -0.25) is 4.79 Å². The molecule has 0 spiro atoms. The summed E-state index contributed by atoms with van der Waals surface area (Å²) in [7, 11) is 0. The van der Waals surface area contributed by atoms with Crippen LogP contribution in [0.3, 0.4) is 0 Å². The summed E-state index contributed by atoms with van der Waals surface area (Å²) < 4.78 is 26.1. The van der Waals surface area contributed by atoms with Crippen LogP contribution in [0.5, 0.6) is 0 Å². The molecule has 2 N–H and O–H groups in total. The molecule has 0 fully saturated rings. The molecule has 1 aromatic rings. The van der Waals surface area contributed by atoms with Gasteiger partial charge in [-0.05, 0) is 30.4 Å². The molecule has 0 aliphatic carbocycles. The fourth-order valence-electron chi connectivity index (χ4n) is 2.10. The summed E-state index contributed by atoms with van der Waals surface area (Å²) in [5.74, 6) is -1.43. The number of nitrogens with one attached hydrogen (secondary N) is 1. The van der Waals surface area contributed by atoms with E-state index in [0.717, 1.165) is 25.0 Å². The van der Waals surface area contributed by atoms with Crippen molar-refractivity contribution in [1.82, 2.24) is 5.32 Å². The van der Waals surface area contributed by atoms with E-state index in [1.807, 2.05) is 6.92 Å². The second-order valence-electron chi connectivity index (χ2n) is 4.88. The van der Waals surface area contributed by atoms with E-state index in [0.29, 0.717) is 13.0 Å². The molecule has 0 aliphatic rings. The van der Waals surface area contributed by atoms with Gasteiger partial charge in [-0.15, -0.1) is 0 Å². The van der Waals surface area contributed by atoms with E-state index in [4.69, 9.17) is 5.11 Å². The summed E-state index contributed by atoms with van der Waals surface area (Å²) in [6.45, 7) is 2.60. The molecule has 20 heavy (non-hydrogen) atoms. The molecule has 0 saturated carbocycles. The van der Waals surface area contributed by atoms with Crippen LogP contribution in [0.15, 0.2) is 18.2 Å². The normalized spacial score (nSPS) is 12.2. The van der Waals surface area contributed by atoms with E-state index in [1.165, 1.54) is 6.07 Å². The third-order valence-electron chi connectivity index (χ3n) is 3.19. The number of rotatable bonds is 8. The third kappa shape index (κ3) is 5.65. The second-order valence-corrected chi connectivity index (χ2v) is 4.88. The van der Waals surface area contributed by atoms with Gasteiger partial charge in [0.2, 0.25) is 5.91 Å². The maximum Gasteiger partial charge on any atom is 0.224 e. The Labute approximate surface area is 118 Å². The number of carbonyl (C=O) groups is 1. The van der Waals surface area contributed by atoms with Gasteiger partial charge in [-0.2, -0.15) is 0 Å². The van der Waals surface area contributed by atoms with Crippen molar-refractivity contribution in [3.8, 4) is 0 Å². The highest BCUT2D eigenvalue weighted by Gasteiger charge is 2.12. The highest BCUT2D eigenvalue weighted by Crippen LogP contribution is 2.11. The quantitative estimate of drug-likeness (QED) is 0.770. The van der Waals surface area contributed by atoms with Gasteiger partial charge >= 0.3 is 0 Å². The molecule has 0 radical (unpaired) electrons. The van der Waals surface area contributed by atoms with Crippen molar-refractivity contribution in [3.05, 3.63) is 35.4 Å². The van der Waals surface area contributed by atoms with E-state index in [9.17, 15) is 13.6 Å². The number of hydrogen-bond donors (Lipinski definition) is 2. The van der Waals surface area contributed by atoms with Crippen molar-refractivity contribution >= 4 is 5.91 Å². The van der Waals surface area contributed by atoms with Crippen molar-refractivity contribution in [3.63, 3.8) is 0 Å². The van der Waals surface area contributed by atoms with Gasteiger partial charge in [-0.1, -0.05) is 19.4 Å². The first kappa shape index (κ1) is 16.6. The van der Waals surface area contributed by atoms with Gasteiger partial charge in [0.1, 0.15) is 11.6 Å². The zero-order valence-electron chi connectivity index (χ0n) is 11.7. The summed E-state index contributed by atoms with van der Waals surface area (Å²) in [5, 5.41) is 11.7. The van der Waals surface area contributed by atoms with Gasteiger partial charge in [0.25, 0.3) is 0 Å². The Bertz CT molecular complexity index is 432. The van der Waals surface area contributed by atoms with Crippen LogP contribution in [-0.2, 0) is 11.2 Å². The highest BCUT2D eigenvalue weighted by atomic mass is 19.1. The van der Waals surface area contributed by atoms with Crippen LogP contribution in [0.25, 0.3) is 0 Å². The molecule has 1 aromatic carbocycles. The van der Waals surface area contributed by atoms with Crippen LogP contribution >= 0.6 is 0 Å². The minimum atomic E-state index is -0.708. The monoisotopic (exact) mass is 285 g/mol. The summed E-state index contributed by atoms with van der Waals surface area (Å²) in [6, 6.07) is 3.19. The maximum absolute atomic E-state index is 13.4. The maximum atomic E-state index is 13.4. The highest BCUT2D eigenvalue weighted by molar-refractivity contribution is 5.78. The number of carbonyl (C=O) groups excluding carboxylic acids is 1. The van der Waals surface area contributed by atoms with Crippen molar-refractivity contribution in [2.75, 3.05) is 13.2 Å². The second kappa shape index (κ2) is 8.64. The number of amides is 1. The summed E-state index contributed by atoms with van der Waals surface area (Å²) in [6.07, 6.45) is 2.43. The first-order valence-electron chi connectivity index (χ1n) is 6.88. The molecular weight excluding hydrogens is 264 g/mol. The Morgan fingerprint density at radius 3 is 2.70 bits per heavy atom. The van der Waals surface area contributed by atoms with Crippen molar-refractivity contribution in [1.29, 1.82) is 0 Å². The Morgan fingerprint density at radius 2 is 2.10 bits per heavy atom. The van der Waals surface area contributed by atoms with Gasteiger partial charge in [0, 0.05) is 19.2 Å². The van der Waals surface area contributed by atoms with Crippen LogP contribution in [0.4, 0.5) is 8.78 Å². The average Bonchev–Trinajstić information content (AvgIpc) is 2.40. The van der Waals surface area contributed by atoms with Crippen molar-refractivity contribution in [2.24, 2.45) is 5.92 Å². The molecule has 1 rings (SSSR count). The molecule has 1 unspecified atom stereocenters. The topological polar surface area (TPSA) is 49.3 Å². The van der Waals surface area contributed by atoms with E-state index >= 15 is 0 Å². The number of aliphatic hydroxyl groups is 1. The van der Waals surface area contributed by atoms with Gasteiger partial charge in [-0.25, -0.2) is 8.78 Å². The molecule has 0 saturated heterocycles. The third-order valence-corrected chi connectivity index (χ3v) is 3.19. The first-order valence-corrected chi connectivity index (χ1v) is 6.88. The number of halogens is 2. The largest absolute Gasteiger partial charge is 0.396 e. The van der Waals surface area contributed by atoms with E-state index in [2.05, 4.69) is 5.32 Å². The molecule has 1 amide bonds. The van der Waals surface area contributed by atoms with Crippen LogP contribution in [0.2, 0.25) is 0 Å². The lowest BCUT2D eigenvalue weighted by Crippen LogP contribution is -2.31. The minimum absolute atomic E-state index is 0.0904. The summed E-state index contributed by atoms with van der Waals surface area (Å²) in [4.78, 5) is 11.7. The zero-order chi connectivity index (χ0) is 15.0. The molecule has 112 valence electrons. The standard InChI is InChI=1S/C15H21F2NO2/c1-2-3-11(6-7-19)10-18-15(20)8-12-4-5-13(16)9-14(12)17/h4-5,9,11,19H,2-3,6-8,10H2,1H3,(H,18,20). The molecular formula is C15H21F2NO2. The van der Waals surface area contributed by atoms with Crippen molar-refractivity contribution < 1.29 is 18.7 Å². The molecule has 0 bridgehead atoms.